The third-order valence-corrected chi connectivity index (χ3v) is 3.41. The molecule has 3 heteroatoms. The van der Waals surface area contributed by atoms with Gasteiger partial charge in [-0.3, -0.25) is 9.97 Å². The van der Waals surface area contributed by atoms with E-state index in [4.69, 9.17) is 0 Å². The van der Waals surface area contributed by atoms with Crippen molar-refractivity contribution >= 4 is 10.9 Å². The number of para-hydroxylation sites is 1. The Morgan fingerprint density at radius 3 is 2.43 bits per heavy atom. The van der Waals surface area contributed by atoms with E-state index in [0.717, 1.165) is 22.3 Å². The van der Waals surface area contributed by atoms with Crippen molar-refractivity contribution in [3.63, 3.8) is 0 Å². The molecule has 0 bridgehead atoms. The molecular formula is C18H17IrN2-. The molecule has 2 aromatic carbocycles. The van der Waals surface area contributed by atoms with Gasteiger partial charge >= 0.3 is 0 Å². The van der Waals surface area contributed by atoms with Crippen LogP contribution in [0.1, 0.15) is 26.3 Å². The maximum atomic E-state index is 4.59. The molecule has 1 aromatic heterocycles. The molecule has 0 amide bonds. The number of hydrogen-bond donors (Lipinski definition) is 0. The summed E-state index contributed by atoms with van der Waals surface area (Å²) in [5.41, 5.74) is 3.30. The van der Waals surface area contributed by atoms with E-state index in [1.54, 1.807) is 0 Å². The number of hydrogen-bond acceptors (Lipinski definition) is 2. The minimum Gasteiger partial charge on any atom is -0.285 e. The molecule has 0 aliphatic heterocycles. The second-order valence-corrected chi connectivity index (χ2v) is 5.99. The molecule has 0 fully saturated rings. The summed E-state index contributed by atoms with van der Waals surface area (Å²) >= 11 is 0. The van der Waals surface area contributed by atoms with Crippen LogP contribution in [0, 0.1) is 6.07 Å². The maximum Gasteiger partial charge on any atom is 0.0755 e. The zero-order valence-corrected chi connectivity index (χ0v) is 14.7. The monoisotopic (exact) mass is 454 g/mol. The van der Waals surface area contributed by atoms with E-state index < -0.39 is 0 Å². The molecule has 0 spiro atoms. The van der Waals surface area contributed by atoms with Crippen molar-refractivity contribution < 1.29 is 20.1 Å². The Balaban J connectivity index is 0.00000161. The first-order chi connectivity index (χ1) is 9.54. The van der Waals surface area contributed by atoms with E-state index in [0.29, 0.717) is 0 Å². The molecular weight excluding hydrogens is 436 g/mol. The molecule has 0 aliphatic carbocycles. The van der Waals surface area contributed by atoms with Crippen molar-refractivity contribution in [1.82, 2.24) is 9.97 Å². The van der Waals surface area contributed by atoms with Crippen LogP contribution in [-0.4, -0.2) is 9.97 Å². The summed E-state index contributed by atoms with van der Waals surface area (Å²) in [7, 11) is 0. The first-order valence-electron chi connectivity index (χ1n) is 6.78. The third kappa shape index (κ3) is 3.37. The number of rotatable bonds is 1. The summed E-state index contributed by atoms with van der Waals surface area (Å²) in [6, 6.07) is 17.5. The van der Waals surface area contributed by atoms with Gasteiger partial charge in [-0.15, -0.1) is 35.4 Å². The summed E-state index contributed by atoms with van der Waals surface area (Å²) in [4.78, 5) is 9.02. The van der Waals surface area contributed by atoms with Gasteiger partial charge in [0.2, 0.25) is 0 Å². The summed E-state index contributed by atoms with van der Waals surface area (Å²) < 4.78 is 0. The molecule has 0 saturated heterocycles. The summed E-state index contributed by atoms with van der Waals surface area (Å²) in [5.74, 6) is 0.726. The van der Waals surface area contributed by atoms with Crippen molar-refractivity contribution in [2.45, 2.75) is 26.2 Å². The number of aromatic nitrogens is 2. The largest absolute Gasteiger partial charge is 0.285 e. The third-order valence-electron chi connectivity index (χ3n) is 3.41. The van der Waals surface area contributed by atoms with E-state index in [1.165, 1.54) is 5.56 Å². The Morgan fingerprint density at radius 2 is 1.76 bits per heavy atom. The normalized spacial score (nSPS) is 11.2. The summed E-state index contributed by atoms with van der Waals surface area (Å²) in [6.07, 6.45) is 1.86. The molecule has 0 unspecified atom stereocenters. The Bertz CT molecular complexity index is 743. The smallest absolute Gasteiger partial charge is 0.0755 e. The van der Waals surface area contributed by atoms with E-state index in [1.807, 2.05) is 42.6 Å². The Kier molecular flexibility index (Phi) is 4.55. The van der Waals surface area contributed by atoms with Crippen LogP contribution in [0.5, 0.6) is 0 Å². The fraction of sp³-hybridized carbons (Fsp3) is 0.222. The average molecular weight is 454 g/mol. The summed E-state index contributed by atoms with van der Waals surface area (Å²) in [5, 5.41) is 1.06. The zero-order valence-electron chi connectivity index (χ0n) is 12.3. The SMILES string of the molecule is CC(C)(C)c1c[c-]c(-c2ncc3ccccc3n2)cc1.[Ir]. The molecule has 3 aromatic rings. The van der Waals surface area contributed by atoms with Gasteiger partial charge in [0.05, 0.1) is 11.3 Å². The van der Waals surface area contributed by atoms with Crippen LogP contribution in [0.25, 0.3) is 22.3 Å². The number of nitrogens with zero attached hydrogens (tertiary/aromatic N) is 2. The van der Waals surface area contributed by atoms with Gasteiger partial charge in [0.1, 0.15) is 0 Å². The van der Waals surface area contributed by atoms with Gasteiger partial charge in [-0.1, -0.05) is 39.0 Å². The van der Waals surface area contributed by atoms with Crippen molar-refractivity contribution in [1.29, 1.82) is 0 Å². The zero-order chi connectivity index (χ0) is 14.2. The van der Waals surface area contributed by atoms with Crippen molar-refractivity contribution in [3.8, 4) is 11.4 Å². The summed E-state index contributed by atoms with van der Waals surface area (Å²) in [6.45, 7) is 6.59. The van der Waals surface area contributed by atoms with Crippen molar-refractivity contribution in [3.05, 3.63) is 60.3 Å². The Labute approximate surface area is 139 Å². The molecule has 1 heterocycles. The van der Waals surface area contributed by atoms with E-state index in [2.05, 4.69) is 42.9 Å². The molecule has 109 valence electrons. The van der Waals surface area contributed by atoms with E-state index >= 15 is 0 Å². The first kappa shape index (κ1) is 15.8. The Morgan fingerprint density at radius 1 is 1.00 bits per heavy atom. The maximum absolute atomic E-state index is 4.59. The van der Waals surface area contributed by atoms with Gasteiger partial charge < -0.3 is 0 Å². The van der Waals surface area contributed by atoms with Gasteiger partial charge in [-0.25, -0.2) is 0 Å². The fourth-order valence-electron chi connectivity index (χ4n) is 2.13. The second-order valence-electron chi connectivity index (χ2n) is 5.99. The van der Waals surface area contributed by atoms with Gasteiger partial charge in [0, 0.05) is 31.7 Å². The van der Waals surface area contributed by atoms with Crippen molar-refractivity contribution in [2.24, 2.45) is 0 Å². The molecule has 0 aliphatic rings. The minimum absolute atomic E-state index is 0. The first-order valence-corrected chi connectivity index (χ1v) is 6.78. The predicted molar refractivity (Wildman–Crippen MR) is 82.5 cm³/mol. The topological polar surface area (TPSA) is 25.8 Å². The van der Waals surface area contributed by atoms with Gasteiger partial charge in [0.15, 0.2) is 0 Å². The van der Waals surface area contributed by atoms with Crippen LogP contribution >= 0.6 is 0 Å². The van der Waals surface area contributed by atoms with Crippen LogP contribution in [0.15, 0.2) is 48.7 Å². The second kappa shape index (κ2) is 6.05. The van der Waals surface area contributed by atoms with Crippen LogP contribution in [0.2, 0.25) is 0 Å². The predicted octanol–water partition coefficient (Wildman–Crippen LogP) is 4.39. The van der Waals surface area contributed by atoms with E-state index in [9.17, 15) is 0 Å². The average Bonchev–Trinajstić information content (AvgIpc) is 2.46. The van der Waals surface area contributed by atoms with Crippen LogP contribution in [0.4, 0.5) is 0 Å². The molecule has 21 heavy (non-hydrogen) atoms. The quantitative estimate of drug-likeness (QED) is 0.511. The standard InChI is InChI=1S/C18H17N2.Ir/c1-18(2,3)15-10-8-13(9-11-15)17-19-12-14-6-4-5-7-16(14)20-17;/h4-8,10-12H,1-3H3;/q-1;. The molecule has 3 rings (SSSR count). The van der Waals surface area contributed by atoms with Gasteiger partial charge in [0.25, 0.3) is 0 Å². The minimum atomic E-state index is 0. The van der Waals surface area contributed by atoms with Crippen LogP contribution < -0.4 is 0 Å². The van der Waals surface area contributed by atoms with Gasteiger partial charge in [-0.2, -0.15) is 0 Å². The van der Waals surface area contributed by atoms with Crippen molar-refractivity contribution in [2.75, 3.05) is 0 Å². The number of benzene rings is 2. The molecule has 0 N–H and O–H groups in total. The van der Waals surface area contributed by atoms with Crippen LogP contribution in [0.3, 0.4) is 0 Å². The number of fused-ring (bicyclic) bond motifs is 1. The molecule has 2 nitrogen and oxygen atoms in total. The molecule has 0 saturated carbocycles. The van der Waals surface area contributed by atoms with Gasteiger partial charge in [-0.05, 0) is 11.5 Å². The fourth-order valence-corrected chi connectivity index (χ4v) is 2.13. The molecule has 1 radical (unpaired) electrons. The molecule has 0 atom stereocenters. The van der Waals surface area contributed by atoms with Crippen LogP contribution in [-0.2, 0) is 25.5 Å². The van der Waals surface area contributed by atoms with E-state index in [-0.39, 0.29) is 25.5 Å². The Hall–Kier alpha value is -1.57.